The van der Waals surface area contributed by atoms with Gasteiger partial charge in [0.15, 0.2) is 0 Å². The highest BCUT2D eigenvalue weighted by Crippen LogP contribution is 2.32. The molecule has 114 valence electrons. The summed E-state index contributed by atoms with van der Waals surface area (Å²) in [5.41, 5.74) is 1.76. The molecular weight excluding hydrogens is 327 g/mol. The predicted molar refractivity (Wildman–Crippen MR) is 90.9 cm³/mol. The number of benzene rings is 1. The first-order valence-corrected chi connectivity index (χ1v) is 8.37. The van der Waals surface area contributed by atoms with Gasteiger partial charge in [0.1, 0.15) is 0 Å². The van der Waals surface area contributed by atoms with Crippen LogP contribution in [0.2, 0.25) is 5.02 Å². The van der Waals surface area contributed by atoms with Crippen molar-refractivity contribution in [3.63, 3.8) is 0 Å². The molecule has 0 saturated carbocycles. The molecule has 0 aliphatic heterocycles. The Morgan fingerprint density at radius 2 is 1.71 bits per heavy atom. The number of hydrogen-bond donors (Lipinski definition) is 0. The molecule has 2 aromatic rings. The lowest BCUT2D eigenvalue weighted by atomic mass is 9.80. The summed E-state index contributed by atoms with van der Waals surface area (Å²) in [6, 6.07) is 10.1. The molecule has 0 radical (unpaired) electrons. The number of rotatable bonds is 6. The number of aromatic nitrogens is 2. The van der Waals surface area contributed by atoms with Gasteiger partial charge in [-0.25, -0.2) is 0 Å². The maximum absolute atomic E-state index is 6.27. The monoisotopic (exact) mass is 344 g/mol. The van der Waals surface area contributed by atoms with Crippen molar-refractivity contribution in [3.8, 4) is 0 Å². The second kappa shape index (κ2) is 7.04. The van der Waals surface area contributed by atoms with Crippen LogP contribution in [0, 0.1) is 0 Å². The van der Waals surface area contributed by atoms with Crippen LogP contribution in [0.3, 0.4) is 0 Å². The van der Waals surface area contributed by atoms with Crippen LogP contribution < -0.4 is 0 Å². The van der Waals surface area contributed by atoms with E-state index < -0.39 is 0 Å². The van der Waals surface area contributed by atoms with Crippen molar-refractivity contribution in [1.82, 2.24) is 9.78 Å². The van der Waals surface area contributed by atoms with E-state index >= 15 is 0 Å². The fourth-order valence-electron chi connectivity index (χ4n) is 2.30. The Morgan fingerprint density at radius 3 is 2.19 bits per heavy atom. The van der Waals surface area contributed by atoms with E-state index in [-0.39, 0.29) is 5.41 Å². The summed E-state index contributed by atoms with van der Waals surface area (Å²) < 4.78 is 1.95. The molecule has 0 saturated heterocycles. The van der Waals surface area contributed by atoms with Gasteiger partial charge >= 0.3 is 0 Å². The van der Waals surface area contributed by atoms with Crippen molar-refractivity contribution in [2.75, 3.05) is 11.8 Å². The molecule has 1 heterocycles. The van der Waals surface area contributed by atoms with Crippen molar-refractivity contribution >= 4 is 34.8 Å². The molecule has 0 amide bonds. The molecule has 2 nitrogen and oxygen atoms in total. The molecule has 0 N–H and O–H groups in total. The predicted octanol–water partition coefficient (Wildman–Crippen LogP) is 5.08. The van der Waals surface area contributed by atoms with E-state index in [2.05, 4.69) is 18.9 Å². The third-order valence-electron chi connectivity index (χ3n) is 3.68. The third kappa shape index (κ3) is 3.74. The lowest BCUT2D eigenvalue weighted by molar-refractivity contribution is 0.496. The summed E-state index contributed by atoms with van der Waals surface area (Å²) in [6.07, 6.45) is 2.70. The van der Waals surface area contributed by atoms with Gasteiger partial charge in [-0.15, -0.1) is 23.2 Å². The molecule has 1 aromatic heterocycles. The highest BCUT2D eigenvalue weighted by atomic mass is 35.5. The van der Waals surface area contributed by atoms with Crippen molar-refractivity contribution in [3.05, 3.63) is 52.8 Å². The standard InChI is InChI=1S/C16H19Cl3N2/c1-12(2)21-8-7-15(20-21)9-16(10-17,11-18)13-3-5-14(19)6-4-13/h3-8,12H,9-11H2,1-2H3. The SMILES string of the molecule is CC(C)n1ccc(CC(CCl)(CCl)c2ccc(Cl)cc2)n1. The number of hydrogen-bond acceptors (Lipinski definition) is 1. The Morgan fingerprint density at radius 1 is 1.10 bits per heavy atom. The normalized spacial score (nSPS) is 12.1. The van der Waals surface area contributed by atoms with Gasteiger partial charge in [0.05, 0.1) is 5.69 Å². The summed E-state index contributed by atoms with van der Waals surface area (Å²) in [6.45, 7) is 4.21. The minimum atomic E-state index is -0.330. The summed E-state index contributed by atoms with van der Waals surface area (Å²) in [7, 11) is 0. The zero-order valence-electron chi connectivity index (χ0n) is 12.2. The minimum Gasteiger partial charge on any atom is -0.270 e. The Labute approximate surface area is 141 Å². The van der Waals surface area contributed by atoms with Crippen molar-refractivity contribution in [1.29, 1.82) is 0 Å². The number of alkyl halides is 2. The van der Waals surface area contributed by atoms with Crippen LogP contribution in [0.5, 0.6) is 0 Å². The maximum Gasteiger partial charge on any atom is 0.0634 e. The second-order valence-electron chi connectivity index (χ2n) is 5.61. The Balaban J connectivity index is 2.30. The third-order valence-corrected chi connectivity index (χ3v) is 4.96. The smallest absolute Gasteiger partial charge is 0.0634 e. The van der Waals surface area contributed by atoms with Gasteiger partial charge in [0.25, 0.3) is 0 Å². The molecule has 0 fully saturated rings. The zero-order valence-corrected chi connectivity index (χ0v) is 14.5. The summed E-state index contributed by atoms with van der Waals surface area (Å²) in [5.74, 6) is 0.874. The lowest BCUT2D eigenvalue weighted by Crippen LogP contribution is -2.33. The molecule has 21 heavy (non-hydrogen) atoms. The van der Waals surface area contributed by atoms with Gasteiger partial charge in [0.2, 0.25) is 0 Å². The zero-order chi connectivity index (χ0) is 15.5. The molecule has 2 rings (SSSR count). The van der Waals surface area contributed by atoms with Crippen molar-refractivity contribution < 1.29 is 0 Å². The molecule has 0 unspecified atom stereocenters. The topological polar surface area (TPSA) is 17.8 Å². The van der Waals surface area contributed by atoms with E-state index in [9.17, 15) is 0 Å². The van der Waals surface area contributed by atoms with Crippen LogP contribution in [0.15, 0.2) is 36.5 Å². The van der Waals surface area contributed by atoms with Gasteiger partial charge in [0, 0.05) is 40.9 Å². The van der Waals surface area contributed by atoms with Gasteiger partial charge in [-0.3, -0.25) is 4.68 Å². The Kier molecular flexibility index (Phi) is 5.59. The minimum absolute atomic E-state index is 0.330. The van der Waals surface area contributed by atoms with E-state index in [1.54, 1.807) is 0 Å². The number of halogens is 3. The van der Waals surface area contributed by atoms with Crippen LogP contribution in [0.25, 0.3) is 0 Å². The van der Waals surface area contributed by atoms with E-state index in [0.717, 1.165) is 11.3 Å². The molecule has 0 aliphatic carbocycles. The first-order chi connectivity index (χ1) is 10.0. The average molecular weight is 346 g/mol. The summed E-state index contributed by atoms with van der Waals surface area (Å²) in [5, 5.41) is 5.32. The van der Waals surface area contributed by atoms with Gasteiger partial charge < -0.3 is 0 Å². The van der Waals surface area contributed by atoms with Gasteiger partial charge in [-0.05, 0) is 37.6 Å². The molecule has 1 aromatic carbocycles. The molecule has 0 spiro atoms. The van der Waals surface area contributed by atoms with Crippen LogP contribution in [0.4, 0.5) is 0 Å². The first kappa shape index (κ1) is 16.7. The van der Waals surface area contributed by atoms with Crippen LogP contribution >= 0.6 is 34.8 Å². The van der Waals surface area contributed by atoms with E-state index in [4.69, 9.17) is 34.8 Å². The van der Waals surface area contributed by atoms with Crippen LogP contribution in [-0.4, -0.2) is 21.5 Å². The summed E-state index contributed by atoms with van der Waals surface area (Å²) in [4.78, 5) is 0. The van der Waals surface area contributed by atoms with E-state index in [0.29, 0.717) is 29.2 Å². The molecule has 0 atom stereocenters. The molecule has 0 aliphatic rings. The second-order valence-corrected chi connectivity index (χ2v) is 6.58. The van der Waals surface area contributed by atoms with Crippen molar-refractivity contribution in [2.24, 2.45) is 0 Å². The van der Waals surface area contributed by atoms with E-state index in [1.165, 1.54) is 0 Å². The van der Waals surface area contributed by atoms with Gasteiger partial charge in [-0.1, -0.05) is 23.7 Å². The molecular formula is C16H19Cl3N2. The lowest BCUT2D eigenvalue weighted by Gasteiger charge is -2.29. The highest BCUT2D eigenvalue weighted by molar-refractivity contribution is 6.30. The average Bonchev–Trinajstić information content (AvgIpc) is 2.94. The Bertz CT molecular complexity index is 571. The highest BCUT2D eigenvalue weighted by Gasteiger charge is 2.32. The van der Waals surface area contributed by atoms with E-state index in [1.807, 2.05) is 41.2 Å². The quantitative estimate of drug-likeness (QED) is 0.668. The van der Waals surface area contributed by atoms with Gasteiger partial charge in [-0.2, -0.15) is 5.10 Å². The first-order valence-electron chi connectivity index (χ1n) is 6.93. The number of nitrogens with zero attached hydrogens (tertiary/aromatic N) is 2. The fourth-order valence-corrected chi connectivity index (χ4v) is 3.21. The summed E-state index contributed by atoms with van der Waals surface area (Å²) >= 11 is 18.5. The van der Waals surface area contributed by atoms with Crippen LogP contribution in [-0.2, 0) is 11.8 Å². The molecule has 0 bridgehead atoms. The largest absolute Gasteiger partial charge is 0.270 e. The fraction of sp³-hybridized carbons (Fsp3) is 0.438. The maximum atomic E-state index is 6.27. The molecule has 5 heteroatoms. The van der Waals surface area contributed by atoms with Crippen molar-refractivity contribution in [2.45, 2.75) is 31.7 Å². The van der Waals surface area contributed by atoms with Crippen LogP contribution in [0.1, 0.15) is 31.1 Å². The Hall–Kier alpha value is -0.700.